The number of carboxylic acid groups (broad SMARTS) is 2. The number of carboxylic acids is 2. The van der Waals surface area contributed by atoms with Crippen molar-refractivity contribution in [3.05, 3.63) is 117 Å². The molecule has 0 spiro atoms. The molecule has 0 radical (unpaired) electrons. The zero-order valence-corrected chi connectivity index (χ0v) is 26.8. The maximum atomic E-state index is 12.8. The molecule has 0 aliphatic heterocycles. The van der Waals surface area contributed by atoms with Crippen LogP contribution in [0.5, 0.6) is 11.5 Å². The van der Waals surface area contributed by atoms with Gasteiger partial charge < -0.3 is 29.7 Å². The van der Waals surface area contributed by atoms with Crippen molar-refractivity contribution in [3.8, 4) is 11.5 Å². The van der Waals surface area contributed by atoms with E-state index in [9.17, 15) is 29.4 Å². The van der Waals surface area contributed by atoms with Crippen LogP contribution in [-0.2, 0) is 22.4 Å². The minimum Gasteiger partial charge on any atom is -0.497 e. The number of aliphatic carboxylic acids is 2. The average molecular weight is 690 g/mol. The number of hydrogen-bond acceptors (Lipinski definition) is 8. The summed E-state index contributed by atoms with van der Waals surface area (Å²) in [5.41, 5.74) is 2.73. The van der Waals surface area contributed by atoms with E-state index in [-0.39, 0.29) is 35.6 Å². The van der Waals surface area contributed by atoms with Crippen molar-refractivity contribution in [2.75, 3.05) is 14.2 Å². The number of carbonyl (C=O) groups is 4. The average Bonchev–Trinajstić information content (AvgIpc) is 3.60. The Kier molecular flexibility index (Phi) is 10.1. The van der Waals surface area contributed by atoms with Crippen LogP contribution in [0, 0.1) is 0 Å². The van der Waals surface area contributed by atoms with Crippen LogP contribution >= 0.6 is 23.2 Å². The van der Waals surface area contributed by atoms with Gasteiger partial charge in [-0.2, -0.15) is 0 Å². The monoisotopic (exact) mass is 688 g/mol. The van der Waals surface area contributed by atoms with Crippen molar-refractivity contribution in [1.29, 1.82) is 0 Å². The Morgan fingerprint density at radius 1 is 0.646 bits per heavy atom. The predicted octanol–water partition coefficient (Wildman–Crippen LogP) is 6.17. The second kappa shape index (κ2) is 14.4. The molecule has 48 heavy (non-hydrogen) atoms. The van der Waals surface area contributed by atoms with Gasteiger partial charge in [0.05, 0.1) is 38.4 Å². The molecule has 0 aliphatic carbocycles. The highest BCUT2D eigenvalue weighted by atomic mass is 35.5. The Labute approximate surface area is 282 Å². The van der Waals surface area contributed by atoms with Gasteiger partial charge in [-0.25, -0.2) is 0 Å². The van der Waals surface area contributed by atoms with Gasteiger partial charge in [0, 0.05) is 67.5 Å². The van der Waals surface area contributed by atoms with E-state index in [4.69, 9.17) is 32.7 Å². The number of H-pyrrole nitrogens is 2. The topological polar surface area (TPSA) is 185 Å². The fourth-order valence-corrected chi connectivity index (χ4v) is 5.44. The van der Waals surface area contributed by atoms with Gasteiger partial charge in [-0.1, -0.05) is 35.3 Å². The number of carbonyl (C=O) groups excluding carboxylic acids is 2. The van der Waals surface area contributed by atoms with Crippen molar-refractivity contribution < 1.29 is 38.9 Å². The third-order valence-corrected chi connectivity index (χ3v) is 7.72. The van der Waals surface area contributed by atoms with Gasteiger partial charge in [0.15, 0.2) is 0 Å². The van der Waals surface area contributed by atoms with Gasteiger partial charge in [-0.3, -0.25) is 29.1 Å². The van der Waals surface area contributed by atoms with Crippen molar-refractivity contribution in [2.45, 2.75) is 12.8 Å². The van der Waals surface area contributed by atoms with E-state index in [2.05, 4.69) is 19.9 Å². The fourth-order valence-electron chi connectivity index (χ4n) is 5.09. The van der Waals surface area contributed by atoms with Crippen LogP contribution in [0.2, 0.25) is 10.0 Å². The first-order valence-corrected chi connectivity index (χ1v) is 14.9. The lowest BCUT2D eigenvalue weighted by atomic mass is 10.0. The largest absolute Gasteiger partial charge is 0.497 e. The van der Waals surface area contributed by atoms with Gasteiger partial charge in [-0.05, 0) is 36.4 Å². The van der Waals surface area contributed by atoms with Gasteiger partial charge in [0.1, 0.15) is 22.9 Å². The zero-order chi connectivity index (χ0) is 34.5. The number of fused-ring (bicyclic) bond motifs is 2. The van der Waals surface area contributed by atoms with E-state index in [1.54, 1.807) is 48.5 Å². The van der Waals surface area contributed by atoms with Gasteiger partial charge in [-0.15, -0.1) is 0 Å². The molecule has 4 heterocycles. The molecule has 0 saturated heterocycles. The molecule has 0 aliphatic rings. The first-order valence-electron chi connectivity index (χ1n) is 14.1. The number of nitrogens with one attached hydrogen (secondary N) is 2. The minimum absolute atomic E-state index is 0.165. The molecular formula is C34H26Cl2N4O8. The third kappa shape index (κ3) is 7.30. The second-order valence-electron chi connectivity index (χ2n) is 10.3. The van der Waals surface area contributed by atoms with Crippen LogP contribution in [-0.4, -0.2) is 67.9 Å². The molecule has 0 saturated carbocycles. The Balaban J connectivity index is 0.000000188. The summed E-state index contributed by atoms with van der Waals surface area (Å²) in [6.07, 6.45) is 2.35. The number of pyridine rings is 2. The van der Waals surface area contributed by atoms with Gasteiger partial charge in [0.25, 0.3) is 0 Å². The lowest BCUT2D eigenvalue weighted by molar-refractivity contribution is -0.137. The molecule has 0 unspecified atom stereocenters. The van der Waals surface area contributed by atoms with E-state index < -0.39 is 23.5 Å². The smallest absolute Gasteiger partial charge is 0.307 e. The summed E-state index contributed by atoms with van der Waals surface area (Å²) >= 11 is 11.9. The van der Waals surface area contributed by atoms with Crippen LogP contribution in [0.15, 0.2) is 73.1 Å². The molecule has 6 aromatic rings. The van der Waals surface area contributed by atoms with Gasteiger partial charge in [0.2, 0.25) is 11.6 Å². The summed E-state index contributed by atoms with van der Waals surface area (Å²) in [6, 6.07) is 16.3. The summed E-state index contributed by atoms with van der Waals surface area (Å²) in [5, 5.41) is 20.6. The van der Waals surface area contributed by atoms with Crippen LogP contribution in [0.4, 0.5) is 0 Å². The summed E-state index contributed by atoms with van der Waals surface area (Å²) in [5.74, 6) is -1.88. The van der Waals surface area contributed by atoms with Crippen molar-refractivity contribution in [3.63, 3.8) is 0 Å². The number of methoxy groups -OCH3 is 2. The number of nitrogens with zero attached hydrogens (tertiary/aromatic N) is 2. The number of aromatic amines is 2. The zero-order valence-electron chi connectivity index (χ0n) is 25.3. The van der Waals surface area contributed by atoms with Crippen molar-refractivity contribution in [2.24, 2.45) is 0 Å². The number of halogens is 2. The summed E-state index contributed by atoms with van der Waals surface area (Å²) in [4.78, 5) is 62.0. The number of rotatable bonds is 10. The van der Waals surface area contributed by atoms with Crippen molar-refractivity contribution in [1.82, 2.24) is 19.9 Å². The normalized spacial score (nSPS) is 10.8. The first-order chi connectivity index (χ1) is 23.0. The molecule has 0 atom stereocenters. The van der Waals surface area contributed by atoms with E-state index in [1.807, 2.05) is 0 Å². The molecule has 0 bridgehead atoms. The molecule has 4 aromatic heterocycles. The Bertz CT molecular complexity index is 2050. The van der Waals surface area contributed by atoms with Crippen molar-refractivity contribution >= 4 is 68.5 Å². The highest BCUT2D eigenvalue weighted by Crippen LogP contribution is 2.29. The fraction of sp³-hybridized carbons (Fsp3) is 0.118. The second-order valence-corrected chi connectivity index (χ2v) is 11.2. The van der Waals surface area contributed by atoms with E-state index in [0.717, 1.165) is 0 Å². The number of benzene rings is 2. The maximum Gasteiger partial charge on any atom is 0.307 e. The Morgan fingerprint density at radius 3 is 1.40 bits per heavy atom. The predicted molar refractivity (Wildman–Crippen MR) is 178 cm³/mol. The minimum atomic E-state index is -1.03. The molecule has 14 heteroatoms. The number of ether oxygens (including phenoxy) is 2. The molecular weight excluding hydrogens is 663 g/mol. The molecule has 0 fully saturated rings. The number of aromatic nitrogens is 4. The molecule has 4 N–H and O–H groups in total. The highest BCUT2D eigenvalue weighted by molar-refractivity contribution is 6.31. The quantitative estimate of drug-likeness (QED) is 0.121. The van der Waals surface area contributed by atoms with Crippen LogP contribution in [0.3, 0.4) is 0 Å². The summed E-state index contributed by atoms with van der Waals surface area (Å²) in [7, 11) is 2.98. The van der Waals surface area contributed by atoms with E-state index >= 15 is 0 Å². The highest BCUT2D eigenvalue weighted by Gasteiger charge is 2.24. The SMILES string of the molecule is COc1ccnc(C(=O)c2[nH]c3cc(Cl)ccc3c2CC(=O)O)c1.COc1ccnc(C(=O)c2[nH]c3cc(Cl)ccc3c2CC(=O)O)c1. The van der Waals surface area contributed by atoms with Crippen LogP contribution < -0.4 is 9.47 Å². The van der Waals surface area contributed by atoms with E-state index in [1.165, 1.54) is 38.7 Å². The lowest BCUT2D eigenvalue weighted by Crippen LogP contribution is -2.10. The number of hydrogen-bond donors (Lipinski definition) is 4. The maximum absolute atomic E-state index is 12.8. The summed E-state index contributed by atoms with van der Waals surface area (Å²) in [6.45, 7) is 0. The molecule has 12 nitrogen and oxygen atoms in total. The molecule has 2 aromatic carbocycles. The Hall–Kier alpha value is -5.72. The van der Waals surface area contributed by atoms with Crippen LogP contribution in [0.1, 0.15) is 43.5 Å². The van der Waals surface area contributed by atoms with Crippen LogP contribution in [0.25, 0.3) is 21.8 Å². The van der Waals surface area contributed by atoms with Gasteiger partial charge >= 0.3 is 11.9 Å². The molecule has 244 valence electrons. The summed E-state index contributed by atoms with van der Waals surface area (Å²) < 4.78 is 10.2. The Morgan fingerprint density at radius 2 is 1.04 bits per heavy atom. The third-order valence-electron chi connectivity index (χ3n) is 7.25. The first kappa shape index (κ1) is 33.6. The van der Waals surface area contributed by atoms with E-state index in [0.29, 0.717) is 54.5 Å². The standard InChI is InChI=1S/2C17H13ClN2O4/c2*1-24-10-4-5-19-14(7-10)17(23)16-12(8-15(21)22)11-3-2-9(18)6-13(11)20-16/h2*2-7,20H,8H2,1H3,(H,21,22). The number of ketones is 2. The lowest BCUT2D eigenvalue weighted by Gasteiger charge is -2.04. The molecule has 0 amide bonds. The molecule has 6 rings (SSSR count).